The molecule has 6 heteroatoms. The topological polar surface area (TPSA) is 103 Å². The quantitative estimate of drug-likeness (QED) is 0.565. The molecule has 0 spiro atoms. The summed E-state index contributed by atoms with van der Waals surface area (Å²) in [6, 6.07) is 0. The van der Waals surface area contributed by atoms with Gasteiger partial charge in [0.15, 0.2) is 0 Å². The van der Waals surface area contributed by atoms with Crippen molar-refractivity contribution in [3.05, 3.63) is 28.2 Å². The fraction of sp³-hybridized carbons (Fsp3) is 0.333. The van der Waals surface area contributed by atoms with Crippen molar-refractivity contribution in [2.24, 2.45) is 5.73 Å². The van der Waals surface area contributed by atoms with Crippen LogP contribution in [0.1, 0.15) is 11.5 Å². The fourth-order valence-corrected chi connectivity index (χ4v) is 1.49. The number of aryl methyl sites for hydroxylation is 1. The van der Waals surface area contributed by atoms with Gasteiger partial charge in [0, 0.05) is 12.1 Å². The number of hydrogen-bond acceptors (Lipinski definition) is 3. The minimum absolute atomic E-state index is 0.211. The third-order valence-corrected chi connectivity index (χ3v) is 2.19. The molecule has 0 aromatic carbocycles. The first kappa shape index (κ1) is 9.72. The van der Waals surface area contributed by atoms with Crippen LogP contribution in [0.2, 0.25) is 0 Å². The van der Waals surface area contributed by atoms with Crippen molar-refractivity contribution in [2.45, 2.75) is 13.3 Å². The molecule has 6 nitrogen and oxygen atoms in total. The van der Waals surface area contributed by atoms with Gasteiger partial charge in [-0.1, -0.05) is 0 Å². The van der Waals surface area contributed by atoms with Crippen molar-refractivity contribution >= 4 is 0 Å². The van der Waals surface area contributed by atoms with E-state index in [0.29, 0.717) is 13.0 Å². The molecule has 2 heterocycles. The Morgan fingerprint density at radius 3 is 2.80 bits per heavy atom. The van der Waals surface area contributed by atoms with Crippen molar-refractivity contribution in [1.82, 2.24) is 19.9 Å². The first-order chi connectivity index (χ1) is 7.20. The van der Waals surface area contributed by atoms with Crippen LogP contribution in [0.4, 0.5) is 0 Å². The average molecular weight is 207 g/mol. The smallest absolute Gasteiger partial charge is 0.323 e. The average Bonchev–Trinajstić information content (AvgIpc) is 2.73. The van der Waals surface area contributed by atoms with Crippen LogP contribution in [0.15, 0.2) is 11.0 Å². The Bertz CT molecular complexity index is 507. The van der Waals surface area contributed by atoms with Gasteiger partial charge in [-0.05, 0) is 13.5 Å². The van der Waals surface area contributed by atoms with E-state index in [0.717, 1.165) is 22.9 Å². The summed E-state index contributed by atoms with van der Waals surface area (Å²) in [7, 11) is 0. The Morgan fingerprint density at radius 1 is 1.40 bits per heavy atom. The molecule has 2 aromatic heterocycles. The van der Waals surface area contributed by atoms with Crippen molar-refractivity contribution in [2.75, 3.05) is 6.54 Å². The Hall–Kier alpha value is -1.82. The molecule has 5 N–H and O–H groups in total. The van der Waals surface area contributed by atoms with Crippen LogP contribution in [0, 0.1) is 6.92 Å². The van der Waals surface area contributed by atoms with Crippen molar-refractivity contribution in [3.8, 4) is 11.4 Å². The highest BCUT2D eigenvalue weighted by molar-refractivity contribution is 5.55. The molecule has 0 aliphatic carbocycles. The van der Waals surface area contributed by atoms with E-state index in [1.54, 1.807) is 6.20 Å². The zero-order chi connectivity index (χ0) is 10.8. The number of nitrogens with zero attached hydrogens (tertiary/aromatic N) is 1. The Kier molecular flexibility index (Phi) is 2.42. The highest BCUT2D eigenvalue weighted by atomic mass is 16.1. The molecule has 0 radical (unpaired) electrons. The first-order valence-corrected chi connectivity index (χ1v) is 4.74. The van der Waals surface area contributed by atoms with Gasteiger partial charge in [0.2, 0.25) is 0 Å². The second kappa shape index (κ2) is 3.74. The molecule has 0 aliphatic heterocycles. The predicted molar refractivity (Wildman–Crippen MR) is 56.5 cm³/mol. The molecule has 0 bridgehead atoms. The monoisotopic (exact) mass is 207 g/mol. The number of rotatable bonds is 3. The Balaban J connectivity index is 2.36. The largest absolute Gasteiger partial charge is 0.341 e. The van der Waals surface area contributed by atoms with E-state index in [4.69, 9.17) is 5.73 Å². The van der Waals surface area contributed by atoms with E-state index < -0.39 is 0 Å². The normalized spacial score (nSPS) is 10.8. The zero-order valence-electron chi connectivity index (χ0n) is 8.42. The maximum Gasteiger partial charge on any atom is 0.323 e. The number of aromatic amines is 3. The Labute approximate surface area is 85.9 Å². The van der Waals surface area contributed by atoms with E-state index in [9.17, 15) is 4.79 Å². The standard InChI is InChI=1S/C9H13N5O/c1-5-8(14-9(15)12-5)6-4-11-7(13-6)2-3-10/h4H,2-3,10H2,1H3,(H,11,13)(H2,12,14,15). The number of imidazole rings is 2. The summed E-state index contributed by atoms with van der Waals surface area (Å²) in [4.78, 5) is 23.7. The van der Waals surface area contributed by atoms with Crippen LogP contribution in [0.25, 0.3) is 11.4 Å². The highest BCUT2D eigenvalue weighted by Crippen LogP contribution is 2.15. The number of aromatic nitrogens is 4. The lowest BCUT2D eigenvalue weighted by molar-refractivity contribution is 0.894. The number of H-pyrrole nitrogens is 3. The number of hydrogen-bond donors (Lipinski definition) is 4. The van der Waals surface area contributed by atoms with Gasteiger partial charge in [-0.3, -0.25) is 0 Å². The van der Waals surface area contributed by atoms with Crippen LogP contribution >= 0.6 is 0 Å². The summed E-state index contributed by atoms with van der Waals surface area (Å²) in [5.74, 6) is 0.828. The van der Waals surface area contributed by atoms with E-state index in [2.05, 4.69) is 19.9 Å². The summed E-state index contributed by atoms with van der Waals surface area (Å²) in [6.45, 7) is 2.38. The lowest BCUT2D eigenvalue weighted by Crippen LogP contribution is -2.03. The fourth-order valence-electron chi connectivity index (χ4n) is 1.49. The lowest BCUT2D eigenvalue weighted by Gasteiger charge is -1.94. The van der Waals surface area contributed by atoms with Crippen LogP contribution in [-0.2, 0) is 6.42 Å². The van der Waals surface area contributed by atoms with Gasteiger partial charge in [-0.2, -0.15) is 0 Å². The molecule has 2 rings (SSSR count). The second-order valence-corrected chi connectivity index (χ2v) is 3.36. The predicted octanol–water partition coefficient (Wildman–Crippen LogP) is -0.0973. The Morgan fingerprint density at radius 2 is 2.20 bits per heavy atom. The van der Waals surface area contributed by atoms with Gasteiger partial charge in [0.05, 0.1) is 17.6 Å². The van der Waals surface area contributed by atoms with E-state index in [1.165, 1.54) is 0 Å². The second-order valence-electron chi connectivity index (χ2n) is 3.36. The number of nitrogens with one attached hydrogen (secondary N) is 3. The maximum atomic E-state index is 11.1. The third-order valence-electron chi connectivity index (χ3n) is 2.19. The molecule has 0 saturated carbocycles. The molecule has 0 saturated heterocycles. The summed E-state index contributed by atoms with van der Waals surface area (Å²) in [5.41, 5.74) is 7.55. The van der Waals surface area contributed by atoms with Gasteiger partial charge in [0.25, 0.3) is 0 Å². The van der Waals surface area contributed by atoms with Crippen molar-refractivity contribution < 1.29 is 0 Å². The molecule has 0 atom stereocenters. The molecule has 2 aromatic rings. The van der Waals surface area contributed by atoms with Crippen LogP contribution < -0.4 is 11.4 Å². The third kappa shape index (κ3) is 1.84. The van der Waals surface area contributed by atoms with Gasteiger partial charge >= 0.3 is 5.69 Å². The van der Waals surface area contributed by atoms with E-state index in [-0.39, 0.29) is 5.69 Å². The number of nitrogens with two attached hydrogens (primary N) is 1. The lowest BCUT2D eigenvalue weighted by atomic mass is 10.3. The molecule has 0 aliphatic rings. The van der Waals surface area contributed by atoms with E-state index in [1.807, 2.05) is 6.92 Å². The molecule has 0 unspecified atom stereocenters. The molecule has 0 fully saturated rings. The molecule has 15 heavy (non-hydrogen) atoms. The molecule has 80 valence electrons. The van der Waals surface area contributed by atoms with Gasteiger partial charge < -0.3 is 20.7 Å². The van der Waals surface area contributed by atoms with Crippen LogP contribution in [0.5, 0.6) is 0 Å². The molecular formula is C9H13N5O. The molecule has 0 amide bonds. The minimum Gasteiger partial charge on any atom is -0.341 e. The van der Waals surface area contributed by atoms with E-state index >= 15 is 0 Å². The summed E-state index contributed by atoms with van der Waals surface area (Å²) < 4.78 is 0. The van der Waals surface area contributed by atoms with Crippen LogP contribution in [0.3, 0.4) is 0 Å². The summed E-state index contributed by atoms with van der Waals surface area (Å²) in [6.07, 6.45) is 2.39. The first-order valence-electron chi connectivity index (χ1n) is 4.74. The van der Waals surface area contributed by atoms with Gasteiger partial charge in [-0.15, -0.1) is 0 Å². The SMILES string of the molecule is Cc1[nH]c(=O)[nH]c1-c1cnc(CCN)[nH]1. The van der Waals surface area contributed by atoms with Gasteiger partial charge in [0.1, 0.15) is 5.82 Å². The molecular weight excluding hydrogens is 194 g/mol. The van der Waals surface area contributed by atoms with Crippen molar-refractivity contribution in [1.29, 1.82) is 0 Å². The maximum absolute atomic E-state index is 11.1. The van der Waals surface area contributed by atoms with Gasteiger partial charge in [-0.25, -0.2) is 9.78 Å². The van der Waals surface area contributed by atoms with Crippen molar-refractivity contribution in [3.63, 3.8) is 0 Å². The minimum atomic E-state index is -0.211. The summed E-state index contributed by atoms with van der Waals surface area (Å²) >= 11 is 0. The zero-order valence-corrected chi connectivity index (χ0v) is 8.42. The summed E-state index contributed by atoms with van der Waals surface area (Å²) in [5, 5.41) is 0. The highest BCUT2D eigenvalue weighted by Gasteiger charge is 2.08. The van der Waals surface area contributed by atoms with Crippen LogP contribution in [-0.4, -0.2) is 26.5 Å².